The molecule has 1 aliphatic heterocycles. The number of nitrogens with zero attached hydrogens (tertiary/aromatic N) is 1. The van der Waals surface area contributed by atoms with Gasteiger partial charge in [-0.25, -0.2) is 0 Å². The van der Waals surface area contributed by atoms with Gasteiger partial charge in [0.2, 0.25) is 0 Å². The maximum absolute atomic E-state index is 12.0. The third kappa shape index (κ3) is 6.66. The minimum atomic E-state index is -0.849. The number of piperidine rings is 1. The SMILES string of the molecule is CC1CCN(C(=S)SCC(=O)O[C@@H](C)C(=O)Nc2ccccc2)CC1. The van der Waals surface area contributed by atoms with Crippen LogP contribution in [0.25, 0.3) is 0 Å². The number of likely N-dealkylation sites (tertiary alicyclic amines) is 1. The highest BCUT2D eigenvalue weighted by molar-refractivity contribution is 8.23. The monoisotopic (exact) mass is 380 g/mol. The molecule has 1 saturated heterocycles. The molecule has 1 heterocycles. The highest BCUT2D eigenvalue weighted by atomic mass is 32.2. The maximum Gasteiger partial charge on any atom is 0.317 e. The Balaban J connectivity index is 1.70. The summed E-state index contributed by atoms with van der Waals surface area (Å²) in [5.41, 5.74) is 0.672. The van der Waals surface area contributed by atoms with E-state index < -0.39 is 12.1 Å². The molecule has 25 heavy (non-hydrogen) atoms. The summed E-state index contributed by atoms with van der Waals surface area (Å²) in [5.74, 6) is 0.0666. The number of nitrogens with one attached hydrogen (secondary N) is 1. The molecule has 0 bridgehead atoms. The Bertz CT molecular complexity index is 602. The molecule has 136 valence electrons. The Kier molecular flexibility index (Phi) is 7.71. The third-order valence-corrected chi connectivity index (χ3v) is 5.57. The van der Waals surface area contributed by atoms with E-state index in [1.165, 1.54) is 11.8 Å². The van der Waals surface area contributed by atoms with Crippen LogP contribution in [0.1, 0.15) is 26.7 Å². The van der Waals surface area contributed by atoms with Gasteiger partial charge in [-0.1, -0.05) is 49.1 Å². The molecule has 0 aliphatic carbocycles. The zero-order valence-electron chi connectivity index (χ0n) is 14.6. The number of esters is 1. The largest absolute Gasteiger partial charge is 0.452 e. The predicted octanol–water partition coefficient (Wildman–Crippen LogP) is 3.31. The lowest BCUT2D eigenvalue weighted by Crippen LogP contribution is -2.36. The van der Waals surface area contributed by atoms with E-state index in [2.05, 4.69) is 17.1 Å². The lowest BCUT2D eigenvalue weighted by molar-refractivity contribution is -0.150. The van der Waals surface area contributed by atoms with Crippen molar-refractivity contribution in [3.8, 4) is 0 Å². The van der Waals surface area contributed by atoms with E-state index in [-0.39, 0.29) is 11.7 Å². The topological polar surface area (TPSA) is 58.6 Å². The van der Waals surface area contributed by atoms with Crippen LogP contribution in [-0.2, 0) is 14.3 Å². The molecule has 0 aromatic heterocycles. The molecule has 1 fully saturated rings. The molecule has 1 aromatic rings. The Morgan fingerprint density at radius 2 is 1.96 bits per heavy atom. The van der Waals surface area contributed by atoms with E-state index in [4.69, 9.17) is 17.0 Å². The van der Waals surface area contributed by atoms with Crippen LogP contribution in [0.4, 0.5) is 5.69 Å². The molecule has 7 heteroatoms. The normalized spacial score (nSPS) is 16.2. The molecule has 0 unspecified atom stereocenters. The first-order valence-corrected chi connectivity index (χ1v) is 9.82. The fraction of sp³-hybridized carbons (Fsp3) is 0.500. The Labute approximate surface area is 158 Å². The first-order valence-electron chi connectivity index (χ1n) is 8.43. The van der Waals surface area contributed by atoms with E-state index in [0.717, 1.165) is 36.2 Å². The zero-order chi connectivity index (χ0) is 18.2. The minimum absolute atomic E-state index is 0.119. The molecule has 0 saturated carbocycles. The number of anilines is 1. The van der Waals surface area contributed by atoms with Crippen LogP contribution >= 0.6 is 24.0 Å². The van der Waals surface area contributed by atoms with Gasteiger partial charge in [0.05, 0.1) is 5.75 Å². The van der Waals surface area contributed by atoms with E-state index in [1.807, 2.05) is 18.2 Å². The fourth-order valence-electron chi connectivity index (χ4n) is 2.45. The van der Waals surface area contributed by atoms with Crippen molar-refractivity contribution in [1.82, 2.24) is 4.90 Å². The van der Waals surface area contributed by atoms with Crippen molar-refractivity contribution in [2.24, 2.45) is 5.92 Å². The van der Waals surface area contributed by atoms with Crippen molar-refractivity contribution in [2.45, 2.75) is 32.8 Å². The highest BCUT2D eigenvalue weighted by Crippen LogP contribution is 2.20. The van der Waals surface area contributed by atoms with Crippen LogP contribution in [0.5, 0.6) is 0 Å². The molecule has 0 spiro atoms. The number of benzene rings is 1. The smallest absolute Gasteiger partial charge is 0.317 e. The van der Waals surface area contributed by atoms with Gasteiger partial charge in [0.1, 0.15) is 4.32 Å². The zero-order valence-corrected chi connectivity index (χ0v) is 16.2. The van der Waals surface area contributed by atoms with Gasteiger partial charge in [0.25, 0.3) is 5.91 Å². The number of ether oxygens (including phenoxy) is 1. The fourth-order valence-corrected chi connectivity index (χ4v) is 3.49. The first kappa shape index (κ1) is 19.7. The summed E-state index contributed by atoms with van der Waals surface area (Å²) in [6, 6.07) is 9.07. The number of hydrogen-bond donors (Lipinski definition) is 1. The molecule has 1 atom stereocenters. The van der Waals surface area contributed by atoms with Gasteiger partial charge in [-0.2, -0.15) is 0 Å². The molecule has 2 rings (SSSR count). The van der Waals surface area contributed by atoms with E-state index in [1.54, 1.807) is 19.1 Å². The Morgan fingerprint density at radius 3 is 2.60 bits per heavy atom. The summed E-state index contributed by atoms with van der Waals surface area (Å²) in [7, 11) is 0. The van der Waals surface area contributed by atoms with Crippen molar-refractivity contribution in [3.63, 3.8) is 0 Å². The predicted molar refractivity (Wildman–Crippen MR) is 106 cm³/mol. The van der Waals surface area contributed by atoms with Gasteiger partial charge < -0.3 is 15.0 Å². The molecule has 1 aromatic carbocycles. The average Bonchev–Trinajstić information content (AvgIpc) is 2.61. The second kappa shape index (κ2) is 9.77. The van der Waals surface area contributed by atoms with Crippen LogP contribution < -0.4 is 5.32 Å². The summed E-state index contributed by atoms with van der Waals surface area (Å²) >= 11 is 6.69. The van der Waals surface area contributed by atoms with Crippen molar-refractivity contribution in [3.05, 3.63) is 30.3 Å². The molecular formula is C18H24N2O3S2. The van der Waals surface area contributed by atoms with Gasteiger partial charge in [-0.3, -0.25) is 9.59 Å². The Morgan fingerprint density at radius 1 is 1.32 bits per heavy atom. The number of hydrogen-bond acceptors (Lipinski definition) is 5. The first-order chi connectivity index (χ1) is 12.0. The van der Waals surface area contributed by atoms with E-state index in [0.29, 0.717) is 5.69 Å². The summed E-state index contributed by atoms with van der Waals surface area (Å²) in [5, 5.41) is 2.71. The number of para-hydroxylation sites is 1. The van der Waals surface area contributed by atoms with Gasteiger partial charge in [0.15, 0.2) is 6.10 Å². The number of rotatable bonds is 5. The van der Waals surface area contributed by atoms with Crippen LogP contribution in [0.2, 0.25) is 0 Å². The van der Waals surface area contributed by atoms with Crippen molar-refractivity contribution < 1.29 is 14.3 Å². The van der Waals surface area contributed by atoms with Crippen molar-refractivity contribution >= 4 is 45.9 Å². The van der Waals surface area contributed by atoms with Crippen LogP contribution in [0.15, 0.2) is 30.3 Å². The van der Waals surface area contributed by atoms with Crippen LogP contribution in [-0.4, -0.2) is 46.0 Å². The quantitative estimate of drug-likeness (QED) is 0.625. The number of thioether (sulfide) groups is 1. The molecule has 1 N–H and O–H groups in total. The Hall–Kier alpha value is -1.60. The van der Waals surface area contributed by atoms with Gasteiger partial charge >= 0.3 is 5.97 Å². The van der Waals surface area contributed by atoms with Crippen molar-refractivity contribution in [2.75, 3.05) is 24.2 Å². The lowest BCUT2D eigenvalue weighted by Gasteiger charge is -2.31. The highest BCUT2D eigenvalue weighted by Gasteiger charge is 2.21. The van der Waals surface area contributed by atoms with Crippen LogP contribution in [0.3, 0.4) is 0 Å². The molecule has 5 nitrogen and oxygen atoms in total. The number of carbonyl (C=O) groups is 2. The van der Waals surface area contributed by atoms with E-state index in [9.17, 15) is 9.59 Å². The summed E-state index contributed by atoms with van der Waals surface area (Å²) in [6.45, 7) is 5.69. The molecule has 1 amide bonds. The van der Waals surface area contributed by atoms with Crippen molar-refractivity contribution in [1.29, 1.82) is 0 Å². The summed E-state index contributed by atoms with van der Waals surface area (Å²) in [6.07, 6.45) is 1.40. The maximum atomic E-state index is 12.0. The third-order valence-electron chi connectivity index (χ3n) is 4.07. The van der Waals surface area contributed by atoms with Gasteiger partial charge in [-0.15, -0.1) is 0 Å². The van der Waals surface area contributed by atoms with E-state index >= 15 is 0 Å². The van der Waals surface area contributed by atoms with Gasteiger partial charge in [0, 0.05) is 18.8 Å². The van der Waals surface area contributed by atoms with Crippen LogP contribution in [0, 0.1) is 5.92 Å². The standard InChI is InChI=1S/C18H24N2O3S2/c1-13-8-10-20(11-9-13)18(24)25-12-16(21)23-14(2)17(22)19-15-6-4-3-5-7-15/h3-7,13-14H,8-12H2,1-2H3,(H,19,22)/t14-/m0/s1. The number of carbonyl (C=O) groups excluding carboxylic acids is 2. The molecular weight excluding hydrogens is 356 g/mol. The summed E-state index contributed by atoms with van der Waals surface area (Å²) in [4.78, 5) is 26.1. The second-order valence-corrected chi connectivity index (χ2v) is 7.82. The molecule has 0 radical (unpaired) electrons. The van der Waals surface area contributed by atoms with Gasteiger partial charge in [-0.05, 0) is 37.8 Å². The summed E-state index contributed by atoms with van der Waals surface area (Å²) < 4.78 is 5.92. The minimum Gasteiger partial charge on any atom is -0.452 e. The average molecular weight is 381 g/mol. The lowest BCUT2D eigenvalue weighted by atomic mass is 10.00. The number of amides is 1. The number of thiocarbonyl (C=S) groups is 1. The molecule has 1 aliphatic rings. The second-order valence-electron chi connectivity index (χ2n) is 6.21.